The summed E-state index contributed by atoms with van der Waals surface area (Å²) in [4.78, 5) is 29.1. The van der Waals surface area contributed by atoms with Gasteiger partial charge in [0.1, 0.15) is 13.2 Å². The van der Waals surface area contributed by atoms with Crippen molar-refractivity contribution in [2.75, 3.05) is 76.4 Å². The van der Waals surface area contributed by atoms with Gasteiger partial charge in [-0.3, -0.25) is 10.6 Å². The Morgan fingerprint density at radius 3 is 1.36 bits per heavy atom. The Labute approximate surface area is 281 Å². The largest absolute Gasteiger partial charge is 0.448 e. The molecule has 14 heteroatoms. The molecular weight excluding hydrogens is 645 g/mol. The number of nitrogens with one attached hydrogen (secondary N) is 2. The molecule has 47 heavy (non-hydrogen) atoms. The molecule has 0 aliphatic heterocycles. The molecule has 2 rings (SSSR count). The SMILES string of the molecule is CCCCN(CC)c1ccc(NC(=O)OCCS(=O)(=O)CS(=O)(=O)CCOC(=O)Nc2ccc(N(CC)CCCC)cc2C)c(C)c1. The van der Waals surface area contributed by atoms with Crippen LogP contribution >= 0.6 is 0 Å². The van der Waals surface area contributed by atoms with Gasteiger partial charge in [-0.15, -0.1) is 0 Å². The lowest BCUT2D eigenvalue weighted by Crippen LogP contribution is -2.27. The number of nitrogens with zero attached hydrogens (tertiary/aromatic N) is 2. The number of benzene rings is 2. The van der Waals surface area contributed by atoms with Gasteiger partial charge in [0.25, 0.3) is 0 Å². The van der Waals surface area contributed by atoms with Crippen LogP contribution in [0.15, 0.2) is 36.4 Å². The summed E-state index contributed by atoms with van der Waals surface area (Å²) in [6.07, 6.45) is 2.62. The Morgan fingerprint density at radius 2 is 1.04 bits per heavy atom. The maximum Gasteiger partial charge on any atom is 0.411 e. The van der Waals surface area contributed by atoms with Crippen LogP contribution in [-0.4, -0.2) is 85.0 Å². The predicted octanol–water partition coefficient (Wildman–Crippen LogP) is 6.14. The Hall–Kier alpha value is -3.52. The first kappa shape index (κ1) is 39.7. The zero-order valence-electron chi connectivity index (χ0n) is 28.6. The number of hydrogen-bond acceptors (Lipinski definition) is 10. The molecule has 0 unspecified atom stereocenters. The number of sulfone groups is 2. The van der Waals surface area contributed by atoms with E-state index >= 15 is 0 Å². The summed E-state index contributed by atoms with van der Waals surface area (Å²) in [6, 6.07) is 11.3. The fraction of sp³-hybridized carbons (Fsp3) is 0.576. The number of ether oxygens (including phenoxy) is 2. The minimum atomic E-state index is -4.12. The number of unbranched alkanes of at least 4 members (excludes halogenated alkanes) is 2. The van der Waals surface area contributed by atoms with Crippen LogP contribution in [0.5, 0.6) is 0 Å². The van der Waals surface area contributed by atoms with Crippen molar-refractivity contribution in [3.8, 4) is 0 Å². The summed E-state index contributed by atoms with van der Waals surface area (Å²) < 4.78 is 59.8. The Kier molecular flexibility index (Phi) is 16.3. The molecule has 0 heterocycles. The smallest absolute Gasteiger partial charge is 0.411 e. The third kappa shape index (κ3) is 14.0. The number of carbonyl (C=O) groups is 2. The molecule has 0 bridgehead atoms. The van der Waals surface area contributed by atoms with Crippen molar-refractivity contribution in [2.45, 2.75) is 67.2 Å². The minimum absolute atomic E-state index is 0.521. The topological polar surface area (TPSA) is 151 Å². The van der Waals surface area contributed by atoms with E-state index in [4.69, 9.17) is 9.47 Å². The Bertz CT molecular complexity index is 1420. The Balaban J connectivity index is 1.79. The van der Waals surface area contributed by atoms with Crippen molar-refractivity contribution in [2.24, 2.45) is 0 Å². The molecule has 2 amide bonds. The maximum absolute atomic E-state index is 12.5. The molecule has 2 N–H and O–H groups in total. The van der Waals surface area contributed by atoms with Gasteiger partial charge in [-0.2, -0.15) is 0 Å². The van der Waals surface area contributed by atoms with Gasteiger partial charge in [0.15, 0.2) is 24.8 Å². The first-order chi connectivity index (χ1) is 22.2. The summed E-state index contributed by atoms with van der Waals surface area (Å²) in [5.41, 5.74) is 4.76. The molecule has 0 radical (unpaired) electrons. The van der Waals surface area contributed by atoms with Gasteiger partial charge in [0, 0.05) is 48.9 Å². The van der Waals surface area contributed by atoms with E-state index in [-0.39, 0.29) is 0 Å². The fourth-order valence-corrected chi connectivity index (χ4v) is 8.62. The lowest BCUT2D eigenvalue weighted by molar-refractivity contribution is 0.167. The molecule has 0 saturated heterocycles. The van der Waals surface area contributed by atoms with E-state index in [1.54, 1.807) is 12.1 Å². The second-order valence-electron chi connectivity index (χ2n) is 11.4. The summed E-state index contributed by atoms with van der Waals surface area (Å²) >= 11 is 0. The van der Waals surface area contributed by atoms with Gasteiger partial charge in [0.2, 0.25) is 0 Å². The van der Waals surface area contributed by atoms with Crippen molar-refractivity contribution < 1.29 is 35.9 Å². The molecule has 264 valence electrons. The number of hydrogen-bond donors (Lipinski definition) is 2. The molecule has 0 atom stereocenters. The van der Waals surface area contributed by atoms with Gasteiger partial charge in [0.05, 0.1) is 11.5 Å². The lowest BCUT2D eigenvalue weighted by Gasteiger charge is -2.24. The van der Waals surface area contributed by atoms with Crippen LogP contribution in [0.1, 0.15) is 64.5 Å². The molecule has 0 fully saturated rings. The van der Waals surface area contributed by atoms with Crippen LogP contribution in [0.25, 0.3) is 0 Å². The predicted molar refractivity (Wildman–Crippen MR) is 190 cm³/mol. The van der Waals surface area contributed by atoms with E-state index in [9.17, 15) is 26.4 Å². The van der Waals surface area contributed by atoms with Crippen molar-refractivity contribution >= 4 is 54.6 Å². The van der Waals surface area contributed by atoms with Crippen molar-refractivity contribution in [3.63, 3.8) is 0 Å². The van der Waals surface area contributed by atoms with E-state index in [1.165, 1.54) is 0 Å². The normalized spacial score (nSPS) is 11.5. The average molecular weight is 697 g/mol. The molecule has 0 spiro atoms. The van der Waals surface area contributed by atoms with Crippen LogP contribution < -0.4 is 20.4 Å². The second kappa shape index (κ2) is 19.3. The number of aryl methyl sites for hydroxylation is 2. The Morgan fingerprint density at radius 1 is 0.660 bits per heavy atom. The highest BCUT2D eigenvalue weighted by atomic mass is 32.3. The van der Waals surface area contributed by atoms with E-state index in [0.29, 0.717) is 11.4 Å². The molecule has 12 nitrogen and oxygen atoms in total. The van der Waals surface area contributed by atoms with Gasteiger partial charge >= 0.3 is 12.2 Å². The van der Waals surface area contributed by atoms with Gasteiger partial charge in [-0.1, -0.05) is 26.7 Å². The molecule has 0 aliphatic rings. The van der Waals surface area contributed by atoms with Crippen LogP contribution in [0, 0.1) is 13.8 Å². The summed E-state index contributed by atoms with van der Waals surface area (Å²) in [7, 11) is -8.25. The highest BCUT2D eigenvalue weighted by Gasteiger charge is 2.23. The first-order valence-corrected chi connectivity index (χ1v) is 19.9. The van der Waals surface area contributed by atoms with Gasteiger partial charge in [-0.05, 0) is 88.1 Å². The highest BCUT2D eigenvalue weighted by molar-refractivity contribution is 8.08. The second-order valence-corrected chi connectivity index (χ2v) is 16.1. The van der Waals surface area contributed by atoms with Crippen molar-refractivity contribution in [1.29, 1.82) is 0 Å². The standard InChI is InChI=1S/C33H52N4O8S2/c1-7-11-17-36(9-3)28-13-15-30(26(5)23-28)34-32(38)44-19-21-46(40,41)25-47(42,43)22-20-45-33(39)35-31-16-14-29(24-27(31)6)37(10-4)18-12-8-2/h13-16,23-24H,7-12,17-22,25H2,1-6H3,(H,34,38)(H,35,39). The maximum atomic E-state index is 12.5. The first-order valence-electron chi connectivity index (χ1n) is 16.2. The zero-order chi connectivity index (χ0) is 35.0. The average Bonchev–Trinajstić information content (AvgIpc) is 2.99. The molecule has 2 aromatic carbocycles. The van der Waals surface area contributed by atoms with E-state index in [2.05, 4.69) is 48.1 Å². The molecule has 0 aliphatic carbocycles. The van der Waals surface area contributed by atoms with Gasteiger partial charge < -0.3 is 19.3 Å². The monoisotopic (exact) mass is 696 g/mol. The quantitative estimate of drug-likeness (QED) is 0.165. The van der Waals surface area contributed by atoms with E-state index < -0.39 is 61.7 Å². The molecule has 2 aromatic rings. The van der Waals surface area contributed by atoms with Crippen LogP contribution in [0.2, 0.25) is 0 Å². The summed E-state index contributed by atoms with van der Waals surface area (Å²) in [6.45, 7) is 14.7. The van der Waals surface area contributed by atoms with E-state index in [0.717, 1.165) is 74.4 Å². The molecular formula is C33H52N4O8S2. The van der Waals surface area contributed by atoms with Gasteiger partial charge in [-0.25, -0.2) is 26.4 Å². The molecule has 0 aromatic heterocycles. The van der Waals surface area contributed by atoms with Crippen LogP contribution in [0.4, 0.5) is 32.3 Å². The third-order valence-corrected chi connectivity index (χ3v) is 12.0. The lowest BCUT2D eigenvalue weighted by atomic mass is 10.1. The fourth-order valence-electron chi connectivity index (χ4n) is 4.81. The van der Waals surface area contributed by atoms with Crippen LogP contribution in [0.3, 0.4) is 0 Å². The number of rotatable bonds is 20. The minimum Gasteiger partial charge on any atom is -0.448 e. The summed E-state index contributed by atoms with van der Waals surface area (Å²) in [5.74, 6) is -1.35. The summed E-state index contributed by atoms with van der Waals surface area (Å²) in [5, 5.41) is 4.04. The zero-order valence-corrected chi connectivity index (χ0v) is 30.3. The third-order valence-electron chi connectivity index (χ3n) is 7.56. The van der Waals surface area contributed by atoms with Crippen molar-refractivity contribution in [3.05, 3.63) is 47.5 Å². The van der Waals surface area contributed by atoms with Crippen LogP contribution in [-0.2, 0) is 29.1 Å². The molecule has 0 saturated carbocycles. The number of amides is 2. The number of anilines is 4. The van der Waals surface area contributed by atoms with E-state index in [1.807, 2.05) is 38.1 Å². The highest BCUT2D eigenvalue weighted by Crippen LogP contribution is 2.24. The van der Waals surface area contributed by atoms with Crippen molar-refractivity contribution in [1.82, 2.24) is 0 Å². The number of carbonyl (C=O) groups excluding carboxylic acids is 2.